The lowest BCUT2D eigenvalue weighted by Gasteiger charge is -2.04. The van der Waals surface area contributed by atoms with E-state index in [9.17, 15) is 4.79 Å². The molecule has 1 aromatic rings. The summed E-state index contributed by atoms with van der Waals surface area (Å²) in [6.07, 6.45) is 4.35. The third-order valence-electron chi connectivity index (χ3n) is 1.82. The Bertz CT molecular complexity index is 274. The molecule has 1 aromatic heterocycles. The van der Waals surface area contributed by atoms with E-state index < -0.39 is 0 Å². The Labute approximate surface area is 83.7 Å². The Morgan fingerprint density at radius 1 is 1.43 bits per heavy atom. The van der Waals surface area contributed by atoms with Gasteiger partial charge in [-0.15, -0.1) is 0 Å². The predicted octanol–water partition coefficient (Wildman–Crippen LogP) is -0.0403. The van der Waals surface area contributed by atoms with E-state index in [2.05, 4.69) is 15.6 Å². The predicted molar refractivity (Wildman–Crippen MR) is 54.9 cm³/mol. The van der Waals surface area contributed by atoms with Crippen LogP contribution in [-0.4, -0.2) is 31.0 Å². The fourth-order valence-corrected chi connectivity index (χ4v) is 1.12. The average molecular weight is 193 g/mol. The maximum absolute atomic E-state index is 11.0. The van der Waals surface area contributed by atoms with Crippen LogP contribution in [-0.2, 0) is 11.2 Å². The number of nitrogens with one attached hydrogen (secondary N) is 2. The molecule has 0 saturated heterocycles. The number of carbonyl (C=O) groups excluding carboxylic acids is 1. The molecule has 1 amide bonds. The molecule has 0 saturated carbocycles. The van der Waals surface area contributed by atoms with E-state index in [1.54, 1.807) is 19.4 Å². The summed E-state index contributed by atoms with van der Waals surface area (Å²) in [5.41, 5.74) is 1.18. The summed E-state index contributed by atoms with van der Waals surface area (Å²) in [6, 6.07) is 3.90. The number of pyridine rings is 1. The molecule has 1 rings (SSSR count). The van der Waals surface area contributed by atoms with Crippen LogP contribution >= 0.6 is 0 Å². The average Bonchev–Trinajstić information content (AvgIpc) is 2.20. The van der Waals surface area contributed by atoms with Crippen molar-refractivity contribution < 1.29 is 4.79 Å². The van der Waals surface area contributed by atoms with E-state index in [1.165, 1.54) is 5.56 Å². The molecule has 0 bridgehead atoms. The quantitative estimate of drug-likeness (QED) is 0.690. The number of aromatic nitrogens is 1. The highest BCUT2D eigenvalue weighted by Gasteiger charge is 1.97. The normalized spacial score (nSPS) is 9.79. The molecule has 4 heteroatoms. The fraction of sp³-hybridized carbons (Fsp3) is 0.400. The number of amides is 1. The molecular formula is C10H15N3O. The van der Waals surface area contributed by atoms with E-state index in [0.717, 1.165) is 6.42 Å². The zero-order valence-electron chi connectivity index (χ0n) is 8.29. The van der Waals surface area contributed by atoms with E-state index in [0.29, 0.717) is 13.1 Å². The second-order valence-electron chi connectivity index (χ2n) is 2.99. The van der Waals surface area contributed by atoms with E-state index in [-0.39, 0.29) is 5.91 Å². The van der Waals surface area contributed by atoms with Gasteiger partial charge in [0.25, 0.3) is 0 Å². The first-order valence-electron chi connectivity index (χ1n) is 4.63. The van der Waals surface area contributed by atoms with Crippen molar-refractivity contribution in [2.45, 2.75) is 6.42 Å². The number of carbonyl (C=O) groups is 1. The molecule has 0 unspecified atom stereocenters. The van der Waals surface area contributed by atoms with Crippen molar-refractivity contribution in [3.8, 4) is 0 Å². The maximum Gasteiger partial charge on any atom is 0.233 e. The summed E-state index contributed by atoms with van der Waals surface area (Å²) in [7, 11) is 1.75. The van der Waals surface area contributed by atoms with Crippen molar-refractivity contribution in [3.05, 3.63) is 30.1 Å². The largest absolute Gasteiger partial charge is 0.355 e. The highest BCUT2D eigenvalue weighted by atomic mass is 16.1. The van der Waals surface area contributed by atoms with Gasteiger partial charge in [0.2, 0.25) is 5.91 Å². The minimum absolute atomic E-state index is 0.0292. The zero-order valence-corrected chi connectivity index (χ0v) is 8.29. The Morgan fingerprint density at radius 3 is 2.79 bits per heavy atom. The Balaban J connectivity index is 2.19. The lowest BCUT2D eigenvalue weighted by Crippen LogP contribution is -2.33. The molecule has 0 aliphatic heterocycles. The Hall–Kier alpha value is -1.42. The zero-order chi connectivity index (χ0) is 10.2. The van der Waals surface area contributed by atoms with Gasteiger partial charge in [-0.25, -0.2) is 0 Å². The molecule has 76 valence electrons. The molecule has 0 aliphatic rings. The van der Waals surface area contributed by atoms with Gasteiger partial charge in [0.1, 0.15) is 0 Å². The summed E-state index contributed by atoms with van der Waals surface area (Å²) in [5.74, 6) is 0.0292. The first-order valence-corrected chi connectivity index (χ1v) is 4.63. The third-order valence-corrected chi connectivity index (χ3v) is 1.82. The minimum Gasteiger partial charge on any atom is -0.355 e. The number of hydrogen-bond donors (Lipinski definition) is 2. The minimum atomic E-state index is 0.0292. The lowest BCUT2D eigenvalue weighted by atomic mass is 10.2. The molecule has 0 atom stereocenters. The van der Waals surface area contributed by atoms with Crippen LogP contribution in [0.5, 0.6) is 0 Å². The lowest BCUT2D eigenvalue weighted by molar-refractivity contribution is -0.120. The van der Waals surface area contributed by atoms with E-state index in [4.69, 9.17) is 0 Å². The summed E-state index contributed by atoms with van der Waals surface area (Å²) in [5, 5.41) is 5.60. The van der Waals surface area contributed by atoms with Crippen molar-refractivity contribution in [3.63, 3.8) is 0 Å². The third kappa shape index (κ3) is 4.00. The van der Waals surface area contributed by atoms with Gasteiger partial charge in [-0.05, 0) is 31.2 Å². The Morgan fingerprint density at radius 2 is 2.14 bits per heavy atom. The van der Waals surface area contributed by atoms with Crippen molar-refractivity contribution >= 4 is 5.91 Å². The van der Waals surface area contributed by atoms with Gasteiger partial charge in [-0.2, -0.15) is 0 Å². The van der Waals surface area contributed by atoms with Gasteiger partial charge >= 0.3 is 0 Å². The maximum atomic E-state index is 11.0. The van der Waals surface area contributed by atoms with Crippen molar-refractivity contribution in [1.29, 1.82) is 0 Å². The van der Waals surface area contributed by atoms with Gasteiger partial charge in [0.15, 0.2) is 0 Å². The number of hydrogen-bond acceptors (Lipinski definition) is 3. The monoisotopic (exact) mass is 193 g/mol. The van der Waals surface area contributed by atoms with Crippen LogP contribution in [0.1, 0.15) is 5.56 Å². The van der Waals surface area contributed by atoms with Gasteiger partial charge in [-0.1, -0.05) is 0 Å². The van der Waals surface area contributed by atoms with Crippen LogP contribution in [0.4, 0.5) is 0 Å². The van der Waals surface area contributed by atoms with Crippen LogP contribution in [0.2, 0.25) is 0 Å². The summed E-state index contributed by atoms with van der Waals surface area (Å²) >= 11 is 0. The number of rotatable bonds is 5. The van der Waals surface area contributed by atoms with E-state index in [1.807, 2.05) is 12.1 Å². The van der Waals surface area contributed by atoms with Crippen molar-refractivity contribution in [2.24, 2.45) is 0 Å². The highest BCUT2D eigenvalue weighted by Crippen LogP contribution is 1.95. The molecule has 1 heterocycles. The highest BCUT2D eigenvalue weighted by molar-refractivity contribution is 5.77. The van der Waals surface area contributed by atoms with Gasteiger partial charge in [-0.3, -0.25) is 9.78 Å². The topological polar surface area (TPSA) is 54.0 Å². The second kappa shape index (κ2) is 6.10. The molecule has 0 fully saturated rings. The molecule has 2 N–H and O–H groups in total. The van der Waals surface area contributed by atoms with Gasteiger partial charge in [0, 0.05) is 18.9 Å². The smallest absolute Gasteiger partial charge is 0.233 e. The first-order chi connectivity index (χ1) is 6.83. The SMILES string of the molecule is CNCC(=O)NCCc1ccncc1. The molecule has 14 heavy (non-hydrogen) atoms. The number of likely N-dealkylation sites (N-methyl/N-ethyl adjacent to an activating group) is 1. The van der Waals surface area contributed by atoms with Gasteiger partial charge in [0.05, 0.1) is 6.54 Å². The molecule has 0 radical (unpaired) electrons. The molecule has 0 aromatic carbocycles. The van der Waals surface area contributed by atoms with Crippen LogP contribution < -0.4 is 10.6 Å². The fourth-order valence-electron chi connectivity index (χ4n) is 1.12. The molecule has 0 aliphatic carbocycles. The van der Waals surface area contributed by atoms with Gasteiger partial charge < -0.3 is 10.6 Å². The standard InChI is InChI=1S/C10H15N3O/c1-11-8-10(14)13-7-4-9-2-5-12-6-3-9/h2-3,5-6,11H,4,7-8H2,1H3,(H,13,14). The van der Waals surface area contributed by atoms with E-state index >= 15 is 0 Å². The van der Waals surface area contributed by atoms with Crippen molar-refractivity contribution in [1.82, 2.24) is 15.6 Å². The van der Waals surface area contributed by atoms with Crippen LogP contribution in [0.25, 0.3) is 0 Å². The molecule has 4 nitrogen and oxygen atoms in total. The first kappa shape index (κ1) is 10.7. The Kier molecular flexibility index (Phi) is 4.64. The number of nitrogens with zero attached hydrogens (tertiary/aromatic N) is 1. The van der Waals surface area contributed by atoms with Crippen LogP contribution in [0, 0.1) is 0 Å². The van der Waals surface area contributed by atoms with Crippen LogP contribution in [0.15, 0.2) is 24.5 Å². The summed E-state index contributed by atoms with van der Waals surface area (Å²) in [4.78, 5) is 15.0. The second-order valence-corrected chi connectivity index (χ2v) is 2.99. The van der Waals surface area contributed by atoms with Crippen LogP contribution in [0.3, 0.4) is 0 Å². The molecular weight excluding hydrogens is 178 g/mol. The van der Waals surface area contributed by atoms with Crippen molar-refractivity contribution in [2.75, 3.05) is 20.1 Å². The molecule has 0 spiro atoms. The summed E-state index contributed by atoms with van der Waals surface area (Å²) < 4.78 is 0. The summed E-state index contributed by atoms with van der Waals surface area (Å²) in [6.45, 7) is 1.04.